The Balaban J connectivity index is 1.74. The van der Waals surface area contributed by atoms with Gasteiger partial charge in [-0.2, -0.15) is 0 Å². The summed E-state index contributed by atoms with van der Waals surface area (Å²) in [6.45, 7) is 0. The van der Waals surface area contributed by atoms with Crippen molar-refractivity contribution < 1.29 is 23.1 Å². The zero-order valence-electron chi connectivity index (χ0n) is 15.5. The van der Waals surface area contributed by atoms with Crippen molar-refractivity contribution >= 4 is 23.2 Å². The van der Waals surface area contributed by atoms with E-state index in [0.717, 1.165) is 6.07 Å². The maximum atomic E-state index is 13.3. The van der Waals surface area contributed by atoms with Crippen molar-refractivity contribution in [3.8, 4) is 5.75 Å². The van der Waals surface area contributed by atoms with Crippen LogP contribution in [-0.2, 0) is 11.2 Å². The van der Waals surface area contributed by atoms with E-state index >= 15 is 0 Å². The van der Waals surface area contributed by atoms with E-state index in [1.54, 1.807) is 18.2 Å². The van der Waals surface area contributed by atoms with E-state index < -0.39 is 17.5 Å². The van der Waals surface area contributed by atoms with Crippen molar-refractivity contribution in [3.63, 3.8) is 0 Å². The zero-order valence-corrected chi connectivity index (χ0v) is 15.5. The zero-order chi connectivity index (χ0) is 20.8. The summed E-state index contributed by atoms with van der Waals surface area (Å²) in [5.41, 5.74) is 1.41. The van der Waals surface area contributed by atoms with Crippen LogP contribution in [0.5, 0.6) is 5.75 Å². The van der Waals surface area contributed by atoms with Crippen molar-refractivity contribution in [2.45, 2.75) is 6.42 Å². The molecule has 148 valence electrons. The summed E-state index contributed by atoms with van der Waals surface area (Å²) in [6.07, 6.45) is -0.00518. The Morgan fingerprint density at radius 3 is 2.31 bits per heavy atom. The van der Waals surface area contributed by atoms with E-state index in [1.165, 1.54) is 49.6 Å². The van der Waals surface area contributed by atoms with Crippen molar-refractivity contribution in [2.75, 3.05) is 17.7 Å². The van der Waals surface area contributed by atoms with Crippen LogP contribution in [0.1, 0.15) is 15.9 Å². The number of amides is 2. The molecule has 3 aromatic carbocycles. The van der Waals surface area contributed by atoms with Crippen LogP contribution >= 0.6 is 0 Å². The second-order valence-corrected chi connectivity index (χ2v) is 6.23. The number of halogens is 2. The Hall–Kier alpha value is -3.74. The van der Waals surface area contributed by atoms with E-state index in [2.05, 4.69) is 10.6 Å². The Morgan fingerprint density at radius 2 is 1.62 bits per heavy atom. The molecule has 0 unspecified atom stereocenters. The lowest BCUT2D eigenvalue weighted by atomic mass is 10.1. The molecule has 3 aromatic rings. The molecule has 0 atom stereocenters. The molecule has 3 rings (SSSR count). The van der Waals surface area contributed by atoms with Crippen molar-refractivity contribution in [1.29, 1.82) is 0 Å². The first kappa shape index (κ1) is 20.0. The number of nitrogens with one attached hydrogen (secondary N) is 2. The van der Waals surface area contributed by atoms with Crippen LogP contribution in [0, 0.1) is 11.6 Å². The first-order valence-corrected chi connectivity index (χ1v) is 8.74. The fourth-order valence-corrected chi connectivity index (χ4v) is 2.75. The molecule has 2 N–H and O–H groups in total. The van der Waals surface area contributed by atoms with Gasteiger partial charge >= 0.3 is 0 Å². The second kappa shape index (κ2) is 8.97. The number of hydrogen-bond acceptors (Lipinski definition) is 3. The van der Waals surface area contributed by atoms with E-state index in [1.807, 2.05) is 0 Å². The van der Waals surface area contributed by atoms with Gasteiger partial charge in [0, 0.05) is 11.3 Å². The van der Waals surface area contributed by atoms with Gasteiger partial charge in [-0.15, -0.1) is 0 Å². The number of benzene rings is 3. The van der Waals surface area contributed by atoms with E-state index in [0.29, 0.717) is 22.7 Å². The largest absolute Gasteiger partial charge is 0.495 e. The Labute approximate surface area is 166 Å². The fraction of sp³-hybridized carbons (Fsp3) is 0.0909. The van der Waals surface area contributed by atoms with E-state index in [-0.39, 0.29) is 17.9 Å². The lowest BCUT2D eigenvalue weighted by Gasteiger charge is -2.13. The third-order valence-electron chi connectivity index (χ3n) is 4.07. The molecule has 7 heteroatoms. The molecule has 0 radical (unpaired) electrons. The Kier molecular flexibility index (Phi) is 6.19. The minimum absolute atomic E-state index is 0.00518. The number of carbonyl (C=O) groups excluding carboxylic acids is 2. The minimum atomic E-state index is -0.525. The highest BCUT2D eigenvalue weighted by atomic mass is 19.1. The topological polar surface area (TPSA) is 67.4 Å². The normalized spacial score (nSPS) is 10.3. The summed E-state index contributed by atoms with van der Waals surface area (Å²) in [4.78, 5) is 24.6. The van der Waals surface area contributed by atoms with Crippen molar-refractivity contribution in [1.82, 2.24) is 0 Å². The van der Waals surface area contributed by atoms with Crippen molar-refractivity contribution in [2.24, 2.45) is 0 Å². The second-order valence-electron chi connectivity index (χ2n) is 6.23. The summed E-state index contributed by atoms with van der Waals surface area (Å²) >= 11 is 0. The lowest BCUT2D eigenvalue weighted by Crippen LogP contribution is -2.16. The van der Waals surface area contributed by atoms with Gasteiger partial charge in [0.1, 0.15) is 17.4 Å². The van der Waals surface area contributed by atoms with Crippen LogP contribution in [0.25, 0.3) is 0 Å². The van der Waals surface area contributed by atoms with E-state index in [4.69, 9.17) is 4.74 Å². The van der Waals surface area contributed by atoms with Gasteiger partial charge in [0.2, 0.25) is 5.91 Å². The molecule has 5 nitrogen and oxygen atoms in total. The quantitative estimate of drug-likeness (QED) is 0.649. The van der Waals surface area contributed by atoms with Crippen LogP contribution in [0.2, 0.25) is 0 Å². The predicted octanol–water partition coefficient (Wildman–Crippen LogP) is 4.41. The molecule has 0 aliphatic carbocycles. The fourth-order valence-electron chi connectivity index (χ4n) is 2.75. The number of carbonyl (C=O) groups is 2. The summed E-state index contributed by atoms with van der Waals surface area (Å²) in [5, 5.41) is 5.34. The van der Waals surface area contributed by atoms with Crippen LogP contribution < -0.4 is 15.4 Å². The number of ether oxygens (including phenoxy) is 1. The number of methoxy groups -OCH3 is 1. The third-order valence-corrected chi connectivity index (χ3v) is 4.07. The maximum Gasteiger partial charge on any atom is 0.255 e. The third kappa shape index (κ3) is 5.38. The average Bonchev–Trinajstić information content (AvgIpc) is 2.68. The molecule has 0 saturated carbocycles. The number of anilines is 2. The molecule has 0 aliphatic heterocycles. The summed E-state index contributed by atoms with van der Waals surface area (Å²) in [5.74, 6) is -1.43. The smallest absolute Gasteiger partial charge is 0.255 e. The molecule has 29 heavy (non-hydrogen) atoms. The van der Waals surface area contributed by atoms with Gasteiger partial charge in [-0.25, -0.2) is 8.78 Å². The highest BCUT2D eigenvalue weighted by Gasteiger charge is 2.13. The molecule has 0 fully saturated rings. The highest BCUT2D eigenvalue weighted by Crippen LogP contribution is 2.28. The van der Waals surface area contributed by atoms with Gasteiger partial charge in [-0.3, -0.25) is 9.59 Å². The molecular formula is C22H18F2N2O3. The van der Waals surface area contributed by atoms with Crippen LogP contribution in [0.3, 0.4) is 0 Å². The number of hydrogen-bond donors (Lipinski definition) is 2. The summed E-state index contributed by atoms with van der Waals surface area (Å²) in [7, 11) is 1.44. The molecule has 0 heterocycles. The van der Waals surface area contributed by atoms with Crippen LogP contribution in [0.15, 0.2) is 66.7 Å². The van der Waals surface area contributed by atoms with Crippen LogP contribution in [0.4, 0.5) is 20.2 Å². The van der Waals surface area contributed by atoms with Crippen LogP contribution in [-0.4, -0.2) is 18.9 Å². The predicted molar refractivity (Wildman–Crippen MR) is 106 cm³/mol. The monoisotopic (exact) mass is 396 g/mol. The molecular weight excluding hydrogens is 378 g/mol. The van der Waals surface area contributed by atoms with Gasteiger partial charge in [-0.05, 0) is 54.1 Å². The Bertz CT molecular complexity index is 1050. The van der Waals surface area contributed by atoms with E-state index in [9.17, 15) is 18.4 Å². The standard InChI is InChI=1S/C22H18F2N2O3/c1-29-20-9-8-18(25-21(27)11-14-4-2-6-16(23)10-14)13-19(20)26-22(28)15-5-3-7-17(24)12-15/h2-10,12-13H,11H2,1H3,(H,25,27)(H,26,28). The SMILES string of the molecule is COc1ccc(NC(=O)Cc2cccc(F)c2)cc1NC(=O)c1cccc(F)c1. The first-order chi connectivity index (χ1) is 13.9. The summed E-state index contributed by atoms with van der Waals surface area (Å²) < 4.78 is 31.8. The maximum absolute atomic E-state index is 13.3. The van der Waals surface area contributed by atoms with Gasteiger partial charge in [-0.1, -0.05) is 18.2 Å². The minimum Gasteiger partial charge on any atom is -0.495 e. The summed E-state index contributed by atoms with van der Waals surface area (Å²) in [6, 6.07) is 15.8. The first-order valence-electron chi connectivity index (χ1n) is 8.74. The average molecular weight is 396 g/mol. The molecule has 0 aliphatic rings. The van der Waals surface area contributed by atoms with Gasteiger partial charge in [0.05, 0.1) is 19.2 Å². The lowest BCUT2D eigenvalue weighted by molar-refractivity contribution is -0.115. The molecule has 0 aromatic heterocycles. The van der Waals surface area contributed by atoms with Gasteiger partial charge in [0.25, 0.3) is 5.91 Å². The Morgan fingerprint density at radius 1 is 0.897 bits per heavy atom. The molecule has 0 saturated heterocycles. The molecule has 2 amide bonds. The highest BCUT2D eigenvalue weighted by molar-refractivity contribution is 6.05. The molecule has 0 spiro atoms. The van der Waals surface area contributed by atoms with Crippen molar-refractivity contribution in [3.05, 3.63) is 89.5 Å². The number of rotatable bonds is 6. The van der Waals surface area contributed by atoms with Gasteiger partial charge < -0.3 is 15.4 Å². The van der Waals surface area contributed by atoms with Gasteiger partial charge in [0.15, 0.2) is 0 Å². The molecule has 0 bridgehead atoms.